The maximum atomic E-state index is 13.3. The molecule has 3 heterocycles. The van der Waals surface area contributed by atoms with Gasteiger partial charge in [0.1, 0.15) is 0 Å². The van der Waals surface area contributed by atoms with Crippen LogP contribution in [-0.2, 0) is 19.1 Å². The van der Waals surface area contributed by atoms with Crippen molar-refractivity contribution in [3.05, 3.63) is 17.2 Å². The molecule has 1 fully saturated rings. The average molecular weight is 288 g/mol. The smallest absolute Gasteiger partial charge is 0.320 e. The predicted molar refractivity (Wildman–Crippen MR) is 68.4 cm³/mol. The Morgan fingerprint density at radius 1 is 1.35 bits per heavy atom. The van der Waals surface area contributed by atoms with E-state index in [1.807, 2.05) is 7.05 Å². The minimum atomic E-state index is -4.38. The minimum Gasteiger partial charge on any atom is -0.320 e. The van der Waals surface area contributed by atoms with E-state index in [1.165, 1.54) is 4.57 Å². The van der Waals surface area contributed by atoms with Crippen molar-refractivity contribution in [2.75, 3.05) is 26.7 Å². The third-order valence-corrected chi connectivity index (χ3v) is 4.14. The second-order valence-corrected chi connectivity index (χ2v) is 5.68. The highest BCUT2D eigenvalue weighted by molar-refractivity contribution is 5.23. The lowest BCUT2D eigenvalue weighted by molar-refractivity contribution is -0.148. The summed E-state index contributed by atoms with van der Waals surface area (Å²) in [6.07, 6.45) is -2.03. The van der Waals surface area contributed by atoms with Crippen molar-refractivity contribution in [3.8, 4) is 0 Å². The summed E-state index contributed by atoms with van der Waals surface area (Å²) < 4.78 is 41.3. The largest absolute Gasteiger partial charge is 0.449 e. The van der Waals surface area contributed by atoms with Crippen molar-refractivity contribution in [2.45, 2.75) is 38.0 Å². The van der Waals surface area contributed by atoms with Crippen molar-refractivity contribution in [3.63, 3.8) is 0 Å². The van der Waals surface area contributed by atoms with Crippen LogP contribution < -0.4 is 5.32 Å². The third-order valence-electron chi connectivity index (χ3n) is 4.14. The number of fused-ring (bicyclic) bond motifs is 1. The predicted octanol–water partition coefficient (Wildman–Crippen LogP) is 1.81. The number of nitrogens with one attached hydrogen (secondary N) is 1. The molecule has 3 rings (SSSR count). The molecule has 0 radical (unpaired) electrons. The highest BCUT2D eigenvalue weighted by Gasteiger charge is 2.41. The molecular formula is C13H19F3N4. The van der Waals surface area contributed by atoms with Crippen LogP contribution in [0.1, 0.15) is 36.1 Å². The molecule has 1 aromatic rings. The fourth-order valence-corrected chi connectivity index (χ4v) is 3.28. The molecular weight excluding hydrogens is 269 g/mol. The number of likely N-dealkylation sites (tertiary alicyclic amines) is 1. The maximum Gasteiger partial charge on any atom is 0.449 e. The maximum absolute atomic E-state index is 13.3. The normalized spacial score (nSPS) is 24.7. The molecule has 2 aliphatic rings. The van der Waals surface area contributed by atoms with Crippen molar-refractivity contribution in [1.29, 1.82) is 0 Å². The van der Waals surface area contributed by atoms with Crippen molar-refractivity contribution >= 4 is 0 Å². The van der Waals surface area contributed by atoms with Gasteiger partial charge < -0.3 is 14.8 Å². The number of nitrogens with zero attached hydrogens (tertiary/aromatic N) is 3. The van der Waals surface area contributed by atoms with E-state index >= 15 is 0 Å². The van der Waals surface area contributed by atoms with Gasteiger partial charge in [0.15, 0.2) is 0 Å². The topological polar surface area (TPSA) is 33.1 Å². The van der Waals surface area contributed by atoms with E-state index < -0.39 is 12.0 Å². The molecule has 1 aromatic heterocycles. The van der Waals surface area contributed by atoms with Gasteiger partial charge in [-0.15, -0.1) is 0 Å². The Bertz CT molecular complexity index is 495. The number of imidazole rings is 1. The van der Waals surface area contributed by atoms with E-state index in [0.717, 1.165) is 31.6 Å². The van der Waals surface area contributed by atoms with Gasteiger partial charge in [-0.25, -0.2) is 4.98 Å². The summed E-state index contributed by atoms with van der Waals surface area (Å²) in [5.74, 6) is -0.716. The molecule has 0 aliphatic carbocycles. The van der Waals surface area contributed by atoms with Gasteiger partial charge in [0.25, 0.3) is 0 Å². The van der Waals surface area contributed by atoms with Gasteiger partial charge in [0.2, 0.25) is 5.82 Å². The van der Waals surface area contributed by atoms with E-state index in [2.05, 4.69) is 15.2 Å². The Labute approximate surface area is 116 Å². The first kappa shape index (κ1) is 13.9. The second kappa shape index (κ2) is 5.04. The van der Waals surface area contributed by atoms with Crippen LogP contribution in [0.4, 0.5) is 13.2 Å². The monoisotopic (exact) mass is 288 g/mol. The summed E-state index contributed by atoms with van der Waals surface area (Å²) in [5.41, 5.74) is 1.34. The average Bonchev–Trinajstić information content (AvgIpc) is 2.78. The molecule has 2 aliphatic heterocycles. The van der Waals surface area contributed by atoms with Crippen LogP contribution in [0.3, 0.4) is 0 Å². The Morgan fingerprint density at radius 3 is 2.85 bits per heavy atom. The molecule has 0 bridgehead atoms. The van der Waals surface area contributed by atoms with Gasteiger partial charge in [0.05, 0.1) is 5.69 Å². The van der Waals surface area contributed by atoms with Crippen LogP contribution in [0.25, 0.3) is 0 Å². The Morgan fingerprint density at radius 2 is 2.15 bits per heavy atom. The van der Waals surface area contributed by atoms with Gasteiger partial charge in [-0.3, -0.25) is 0 Å². The van der Waals surface area contributed by atoms with Crippen LogP contribution in [0.5, 0.6) is 0 Å². The molecule has 1 unspecified atom stereocenters. The fraction of sp³-hybridized carbons (Fsp3) is 0.769. The van der Waals surface area contributed by atoms with Gasteiger partial charge in [0, 0.05) is 37.8 Å². The molecule has 4 nitrogen and oxygen atoms in total. The molecule has 1 saturated heterocycles. The summed E-state index contributed by atoms with van der Waals surface area (Å²) in [7, 11) is 1.96. The Hall–Kier alpha value is -1.08. The van der Waals surface area contributed by atoms with Crippen LogP contribution in [0.15, 0.2) is 0 Å². The Kier molecular flexibility index (Phi) is 3.50. The summed E-state index contributed by atoms with van der Waals surface area (Å²) in [6.45, 7) is 2.78. The third kappa shape index (κ3) is 2.44. The molecule has 20 heavy (non-hydrogen) atoms. The first-order valence-electron chi connectivity index (χ1n) is 7.03. The Balaban J connectivity index is 2.04. The minimum absolute atomic E-state index is 0.111. The van der Waals surface area contributed by atoms with Gasteiger partial charge >= 0.3 is 6.18 Å². The lowest BCUT2D eigenvalue weighted by atomic mass is 10.0. The second-order valence-electron chi connectivity index (χ2n) is 5.68. The number of piperidine rings is 1. The van der Waals surface area contributed by atoms with Crippen molar-refractivity contribution in [2.24, 2.45) is 0 Å². The van der Waals surface area contributed by atoms with E-state index in [9.17, 15) is 13.2 Å². The zero-order chi connectivity index (χ0) is 14.3. The number of hydrogen-bond acceptors (Lipinski definition) is 3. The standard InChI is InChI=1S/C13H19F3N4/c1-19-6-2-3-9(8-19)20-11-4-5-17-7-10(11)18-12(20)13(14,15)16/h9,17H,2-8H2,1H3. The molecule has 0 amide bonds. The van der Waals surface area contributed by atoms with E-state index in [0.29, 0.717) is 25.2 Å². The fourth-order valence-electron chi connectivity index (χ4n) is 3.28. The summed E-state index contributed by atoms with van der Waals surface area (Å²) in [6, 6.07) is -0.111. The number of hydrogen-bond donors (Lipinski definition) is 1. The molecule has 0 saturated carbocycles. The number of aromatic nitrogens is 2. The molecule has 0 spiro atoms. The van der Waals surface area contributed by atoms with Crippen LogP contribution in [-0.4, -0.2) is 41.1 Å². The molecule has 0 aromatic carbocycles. The summed E-state index contributed by atoms with van der Waals surface area (Å²) in [4.78, 5) is 5.98. The number of alkyl halides is 3. The lowest BCUT2D eigenvalue weighted by Crippen LogP contribution is -2.36. The van der Waals surface area contributed by atoms with Crippen LogP contribution in [0, 0.1) is 0 Å². The summed E-state index contributed by atoms with van der Waals surface area (Å²) >= 11 is 0. The lowest BCUT2D eigenvalue weighted by Gasteiger charge is -2.33. The quantitative estimate of drug-likeness (QED) is 0.855. The van der Waals surface area contributed by atoms with Gasteiger partial charge in [-0.05, 0) is 26.4 Å². The first-order chi connectivity index (χ1) is 9.47. The highest BCUT2D eigenvalue weighted by atomic mass is 19.4. The van der Waals surface area contributed by atoms with Crippen molar-refractivity contribution < 1.29 is 13.2 Å². The summed E-state index contributed by atoms with van der Waals surface area (Å²) in [5, 5.41) is 3.09. The molecule has 1 atom stereocenters. The van der Waals surface area contributed by atoms with Crippen molar-refractivity contribution in [1.82, 2.24) is 19.8 Å². The highest BCUT2D eigenvalue weighted by Crippen LogP contribution is 2.35. The number of rotatable bonds is 1. The zero-order valence-corrected chi connectivity index (χ0v) is 11.5. The van der Waals surface area contributed by atoms with E-state index in [-0.39, 0.29) is 6.04 Å². The first-order valence-corrected chi connectivity index (χ1v) is 7.03. The van der Waals surface area contributed by atoms with Gasteiger partial charge in [-0.1, -0.05) is 0 Å². The molecule has 112 valence electrons. The van der Waals surface area contributed by atoms with Crippen LogP contribution >= 0.6 is 0 Å². The number of likely N-dealkylation sites (N-methyl/N-ethyl adjacent to an activating group) is 1. The van der Waals surface area contributed by atoms with Gasteiger partial charge in [-0.2, -0.15) is 13.2 Å². The van der Waals surface area contributed by atoms with E-state index in [4.69, 9.17) is 0 Å². The molecule has 7 heteroatoms. The van der Waals surface area contributed by atoms with Crippen LogP contribution in [0.2, 0.25) is 0 Å². The zero-order valence-electron chi connectivity index (χ0n) is 11.5. The number of halogens is 3. The SMILES string of the molecule is CN1CCCC(n2c(C(F)(F)F)nc3c2CCNC3)C1. The molecule has 1 N–H and O–H groups in total. The van der Waals surface area contributed by atoms with E-state index in [1.54, 1.807) is 0 Å².